The maximum atomic E-state index is 13.9. The van der Waals surface area contributed by atoms with Crippen molar-refractivity contribution in [1.29, 1.82) is 0 Å². The third-order valence-corrected chi connectivity index (χ3v) is 7.71. The second kappa shape index (κ2) is 10.7. The molecule has 2 aromatic carbocycles. The summed E-state index contributed by atoms with van der Waals surface area (Å²) >= 11 is 5.97. The number of anilines is 2. The number of phenols is 1. The molecule has 0 saturated heterocycles. The first-order valence-electron chi connectivity index (χ1n) is 13.1. The zero-order valence-electron chi connectivity index (χ0n) is 22.7. The van der Waals surface area contributed by atoms with Crippen LogP contribution in [0.3, 0.4) is 0 Å². The zero-order valence-corrected chi connectivity index (χ0v) is 23.4. The summed E-state index contributed by atoms with van der Waals surface area (Å²) in [6.45, 7) is 0.513. The number of benzene rings is 2. The van der Waals surface area contributed by atoms with Crippen LogP contribution in [0.15, 0.2) is 61.1 Å². The van der Waals surface area contributed by atoms with Crippen LogP contribution in [0.4, 0.5) is 29.2 Å². The Hall–Kier alpha value is -4.82. The number of rotatable bonds is 7. The molecule has 6 rings (SSSR count). The molecule has 0 aliphatic carbocycles. The first-order valence-corrected chi connectivity index (χ1v) is 13.5. The van der Waals surface area contributed by atoms with E-state index in [1.807, 2.05) is 0 Å². The predicted octanol–water partition coefficient (Wildman–Crippen LogP) is 4.87. The van der Waals surface area contributed by atoms with Crippen LogP contribution in [0, 0.1) is 5.82 Å². The number of amides is 1. The van der Waals surface area contributed by atoms with Crippen LogP contribution in [-0.2, 0) is 16.6 Å². The van der Waals surface area contributed by atoms with Crippen LogP contribution in [0.1, 0.15) is 29.3 Å². The SMILES string of the molecule is C[C@]1(c2ccc(Cl)c(O)c2)C(=O)Nc2nc(-c3cn4ccnc4c(Cc4cccc(F)c4)n3)nc(NC[C@H](O)C(F)(F)F)c21. The summed E-state index contributed by atoms with van der Waals surface area (Å²) in [6, 6.07) is 10.1. The van der Waals surface area contributed by atoms with Crippen molar-refractivity contribution in [2.24, 2.45) is 0 Å². The number of aromatic nitrogens is 5. The quantitative estimate of drug-likeness (QED) is 0.188. The Morgan fingerprint density at radius 3 is 2.68 bits per heavy atom. The number of carbonyl (C=O) groups excluding carboxylic acids is 1. The molecule has 2 atom stereocenters. The van der Waals surface area contributed by atoms with Gasteiger partial charge in [-0.1, -0.05) is 29.8 Å². The number of aromatic hydroxyl groups is 1. The minimum atomic E-state index is -4.93. The van der Waals surface area contributed by atoms with E-state index in [0.29, 0.717) is 16.9 Å². The minimum absolute atomic E-state index is 0.0138. The van der Waals surface area contributed by atoms with Gasteiger partial charge in [-0.2, -0.15) is 13.2 Å². The van der Waals surface area contributed by atoms with Crippen molar-refractivity contribution in [3.8, 4) is 17.3 Å². The molecule has 226 valence electrons. The molecule has 1 aliphatic rings. The van der Waals surface area contributed by atoms with Crippen LogP contribution in [0.2, 0.25) is 5.02 Å². The highest BCUT2D eigenvalue weighted by atomic mass is 35.5. The van der Waals surface area contributed by atoms with Gasteiger partial charge in [0.25, 0.3) is 0 Å². The zero-order chi connectivity index (χ0) is 31.4. The number of aliphatic hydroxyl groups excluding tert-OH is 1. The Morgan fingerprint density at radius 1 is 1.16 bits per heavy atom. The Labute approximate surface area is 251 Å². The summed E-state index contributed by atoms with van der Waals surface area (Å²) in [5.41, 5.74) is 0.492. The molecule has 1 aliphatic heterocycles. The number of alkyl halides is 3. The molecular formula is C29H22ClF4N7O3. The second-order valence-electron chi connectivity index (χ2n) is 10.3. The van der Waals surface area contributed by atoms with Crippen LogP contribution in [0.25, 0.3) is 17.2 Å². The van der Waals surface area contributed by atoms with Gasteiger partial charge in [0.1, 0.15) is 34.3 Å². The van der Waals surface area contributed by atoms with Gasteiger partial charge >= 0.3 is 6.18 Å². The highest BCUT2D eigenvalue weighted by Crippen LogP contribution is 2.47. The van der Waals surface area contributed by atoms with Crippen molar-refractivity contribution in [1.82, 2.24) is 24.3 Å². The molecule has 0 fully saturated rings. The molecule has 3 aromatic heterocycles. The number of nitrogens with one attached hydrogen (secondary N) is 2. The average Bonchev–Trinajstić information content (AvgIpc) is 3.55. The van der Waals surface area contributed by atoms with Gasteiger partial charge in [0.2, 0.25) is 5.91 Å². The first-order chi connectivity index (χ1) is 20.8. The molecule has 10 nitrogen and oxygen atoms in total. The molecule has 15 heteroatoms. The molecule has 0 unspecified atom stereocenters. The van der Waals surface area contributed by atoms with Gasteiger partial charge in [-0.05, 0) is 42.3 Å². The number of fused-ring (bicyclic) bond motifs is 2. The topological polar surface area (TPSA) is 138 Å². The third kappa shape index (κ3) is 5.15. The molecular weight excluding hydrogens is 606 g/mol. The lowest BCUT2D eigenvalue weighted by atomic mass is 9.77. The molecule has 0 saturated carbocycles. The van der Waals surface area contributed by atoms with Crippen LogP contribution >= 0.6 is 11.6 Å². The van der Waals surface area contributed by atoms with E-state index >= 15 is 0 Å². The second-order valence-corrected chi connectivity index (χ2v) is 10.7. The molecule has 0 bridgehead atoms. The van der Waals surface area contributed by atoms with Gasteiger partial charge in [0, 0.05) is 25.0 Å². The Balaban J connectivity index is 1.50. The molecule has 44 heavy (non-hydrogen) atoms. The molecule has 4 N–H and O–H groups in total. The number of carbonyl (C=O) groups is 1. The number of halogens is 5. The average molecular weight is 628 g/mol. The van der Waals surface area contributed by atoms with E-state index in [-0.39, 0.29) is 51.5 Å². The monoisotopic (exact) mass is 627 g/mol. The maximum Gasteiger partial charge on any atom is 0.416 e. The Morgan fingerprint density at radius 2 is 1.95 bits per heavy atom. The van der Waals surface area contributed by atoms with Crippen molar-refractivity contribution in [2.75, 3.05) is 17.2 Å². The van der Waals surface area contributed by atoms with E-state index in [9.17, 15) is 32.6 Å². The van der Waals surface area contributed by atoms with Gasteiger partial charge in [0.15, 0.2) is 17.6 Å². The highest BCUT2D eigenvalue weighted by molar-refractivity contribution is 6.32. The summed E-state index contributed by atoms with van der Waals surface area (Å²) < 4.78 is 55.2. The molecule has 0 radical (unpaired) electrons. The first kappa shape index (κ1) is 29.3. The van der Waals surface area contributed by atoms with Gasteiger partial charge in [0.05, 0.1) is 22.8 Å². The van der Waals surface area contributed by atoms with Crippen molar-refractivity contribution >= 4 is 34.8 Å². The van der Waals surface area contributed by atoms with E-state index in [0.717, 1.165) is 0 Å². The fourth-order valence-electron chi connectivity index (χ4n) is 5.08. The van der Waals surface area contributed by atoms with Crippen LogP contribution < -0.4 is 10.6 Å². The van der Waals surface area contributed by atoms with Crippen LogP contribution in [0.5, 0.6) is 5.75 Å². The molecule has 0 spiro atoms. The van der Waals surface area contributed by atoms with Crippen molar-refractivity contribution in [3.63, 3.8) is 0 Å². The van der Waals surface area contributed by atoms with E-state index in [1.165, 1.54) is 43.5 Å². The van der Waals surface area contributed by atoms with Gasteiger partial charge in [-0.3, -0.25) is 4.79 Å². The summed E-state index contributed by atoms with van der Waals surface area (Å²) in [4.78, 5) is 31.4. The Kier molecular flexibility index (Phi) is 7.13. The van der Waals surface area contributed by atoms with E-state index in [4.69, 9.17) is 11.6 Å². The normalized spacial score (nSPS) is 17.0. The van der Waals surface area contributed by atoms with Crippen molar-refractivity contribution in [3.05, 3.63) is 94.3 Å². The minimum Gasteiger partial charge on any atom is -0.506 e. The van der Waals surface area contributed by atoms with Crippen LogP contribution in [-0.4, -0.2) is 59.3 Å². The summed E-state index contributed by atoms with van der Waals surface area (Å²) in [5, 5.41) is 25.2. The fourth-order valence-corrected chi connectivity index (χ4v) is 5.20. The van der Waals surface area contributed by atoms with E-state index in [2.05, 4.69) is 30.6 Å². The number of hydrogen-bond donors (Lipinski definition) is 4. The number of imidazole rings is 1. The van der Waals surface area contributed by atoms with Gasteiger partial charge < -0.3 is 25.2 Å². The van der Waals surface area contributed by atoms with Gasteiger partial charge in [-0.15, -0.1) is 0 Å². The number of phenolic OH excluding ortho intramolecular Hbond substituents is 1. The predicted molar refractivity (Wildman–Crippen MR) is 152 cm³/mol. The molecule has 4 heterocycles. The lowest BCUT2D eigenvalue weighted by molar-refractivity contribution is -0.198. The molecule has 1 amide bonds. The smallest absolute Gasteiger partial charge is 0.416 e. The largest absolute Gasteiger partial charge is 0.506 e. The number of nitrogens with zero attached hydrogens (tertiary/aromatic N) is 5. The summed E-state index contributed by atoms with van der Waals surface area (Å²) in [7, 11) is 0. The van der Waals surface area contributed by atoms with E-state index < -0.39 is 36.0 Å². The number of aliphatic hydroxyl groups is 1. The van der Waals surface area contributed by atoms with Crippen molar-refractivity contribution in [2.45, 2.75) is 31.0 Å². The summed E-state index contributed by atoms with van der Waals surface area (Å²) in [5.74, 6) is -1.58. The number of hydrogen-bond acceptors (Lipinski definition) is 8. The molecule has 5 aromatic rings. The van der Waals surface area contributed by atoms with Gasteiger partial charge in [-0.25, -0.2) is 24.3 Å². The maximum absolute atomic E-state index is 13.9. The highest BCUT2D eigenvalue weighted by Gasteiger charge is 2.48. The fraction of sp³-hybridized carbons (Fsp3) is 0.207. The lowest BCUT2D eigenvalue weighted by Crippen LogP contribution is -2.36. The summed E-state index contributed by atoms with van der Waals surface area (Å²) in [6.07, 6.45) is -2.74. The van der Waals surface area contributed by atoms with Crippen molar-refractivity contribution < 1.29 is 32.6 Å². The lowest BCUT2D eigenvalue weighted by Gasteiger charge is -2.25. The van der Waals surface area contributed by atoms with E-state index in [1.54, 1.807) is 28.9 Å². The standard InChI is InChI=1S/C29H22ClF4N7O3/c1-28(15-5-6-17(30)20(42)11-15)22-24(36-12-21(43)29(32,33)34)38-23(39-25(22)40-27(28)44)19-13-41-8-7-35-26(41)18(37-19)10-14-3-2-4-16(31)9-14/h2-9,11,13,21,42-43H,10,12H2,1H3,(H2,36,38,39,40,44)/t21-,28+/m0/s1. The Bertz CT molecular complexity index is 1930. The third-order valence-electron chi connectivity index (χ3n) is 7.39.